The zero-order chi connectivity index (χ0) is 14.7. The Morgan fingerprint density at radius 2 is 2.30 bits per heavy atom. The number of rotatable bonds is 5. The molecule has 0 amide bonds. The molecule has 0 saturated carbocycles. The van der Waals surface area contributed by atoms with Crippen LogP contribution in [0.15, 0.2) is 24.4 Å². The summed E-state index contributed by atoms with van der Waals surface area (Å²) >= 11 is 6.03. The number of nitro groups is 1. The molecule has 0 aliphatic carbocycles. The fraction of sp³-hybridized carbons (Fsp3) is 0.333. The number of hydrogen-bond acceptors (Lipinski definition) is 5. The van der Waals surface area contributed by atoms with Crippen LogP contribution in [0.4, 0.5) is 5.69 Å². The highest BCUT2D eigenvalue weighted by Gasteiger charge is 2.20. The van der Waals surface area contributed by atoms with Crippen molar-refractivity contribution in [3.8, 4) is 5.69 Å². The van der Waals surface area contributed by atoms with Gasteiger partial charge in [-0.1, -0.05) is 36.2 Å². The number of nitrogens with two attached hydrogens (primary N) is 1. The molecule has 106 valence electrons. The molecule has 1 unspecified atom stereocenters. The number of benzene rings is 1. The summed E-state index contributed by atoms with van der Waals surface area (Å²) in [4.78, 5) is 10.5. The Bertz CT molecular complexity index is 628. The Morgan fingerprint density at radius 1 is 1.55 bits per heavy atom. The summed E-state index contributed by atoms with van der Waals surface area (Å²) in [6.45, 7) is 2.02. The first kappa shape index (κ1) is 14.4. The van der Waals surface area contributed by atoms with Crippen LogP contribution in [-0.2, 0) is 0 Å². The monoisotopic (exact) mass is 295 g/mol. The van der Waals surface area contributed by atoms with E-state index in [2.05, 4.69) is 10.3 Å². The number of nitrogens with zero attached hydrogens (tertiary/aromatic N) is 4. The minimum Gasteiger partial charge on any atom is -0.323 e. The van der Waals surface area contributed by atoms with E-state index in [9.17, 15) is 10.1 Å². The Labute approximate surface area is 120 Å². The normalized spacial score (nSPS) is 12.3. The Balaban J connectivity index is 2.45. The summed E-state index contributed by atoms with van der Waals surface area (Å²) in [7, 11) is 0. The Kier molecular flexibility index (Phi) is 4.31. The van der Waals surface area contributed by atoms with Crippen LogP contribution >= 0.6 is 11.6 Å². The van der Waals surface area contributed by atoms with E-state index in [0.29, 0.717) is 5.69 Å². The van der Waals surface area contributed by atoms with E-state index in [4.69, 9.17) is 17.3 Å². The maximum atomic E-state index is 11.1. The third-order valence-corrected chi connectivity index (χ3v) is 3.19. The van der Waals surface area contributed by atoms with E-state index >= 15 is 0 Å². The smallest absolute Gasteiger partial charge is 0.296 e. The van der Waals surface area contributed by atoms with Gasteiger partial charge in [0.25, 0.3) is 5.69 Å². The highest BCUT2D eigenvalue weighted by atomic mass is 35.5. The molecule has 7 nitrogen and oxygen atoms in total. The minimum absolute atomic E-state index is 0.127. The van der Waals surface area contributed by atoms with Gasteiger partial charge in [0, 0.05) is 6.07 Å². The molecule has 2 rings (SSSR count). The molecule has 2 N–H and O–H groups in total. The number of hydrogen-bond donors (Lipinski definition) is 1. The zero-order valence-corrected chi connectivity index (χ0v) is 11.6. The lowest BCUT2D eigenvalue weighted by Crippen LogP contribution is -2.10. The van der Waals surface area contributed by atoms with Crippen LogP contribution < -0.4 is 5.73 Å². The van der Waals surface area contributed by atoms with Crippen LogP contribution in [-0.4, -0.2) is 19.9 Å². The first-order chi connectivity index (χ1) is 9.54. The van der Waals surface area contributed by atoms with Gasteiger partial charge in [-0.2, -0.15) is 0 Å². The maximum absolute atomic E-state index is 11.1. The van der Waals surface area contributed by atoms with Crippen molar-refractivity contribution in [2.75, 3.05) is 0 Å². The van der Waals surface area contributed by atoms with E-state index in [1.165, 1.54) is 16.8 Å². The number of para-hydroxylation sites is 1. The summed E-state index contributed by atoms with van der Waals surface area (Å²) in [5.41, 5.74) is 6.60. The number of nitro benzene ring substituents is 1. The predicted octanol–water partition coefficient (Wildman–Crippen LogP) is 2.63. The molecule has 0 bridgehead atoms. The molecule has 1 atom stereocenters. The van der Waals surface area contributed by atoms with E-state index in [1.54, 1.807) is 12.3 Å². The van der Waals surface area contributed by atoms with Gasteiger partial charge in [-0.15, -0.1) is 5.10 Å². The van der Waals surface area contributed by atoms with Gasteiger partial charge in [-0.25, -0.2) is 4.68 Å². The Morgan fingerprint density at radius 3 is 2.95 bits per heavy atom. The van der Waals surface area contributed by atoms with Crippen molar-refractivity contribution in [3.05, 3.63) is 45.2 Å². The standard InChI is InChI=1S/C12H14ClN5O2/c1-2-4-9(14)10-7-17(16-15-10)12-8(13)5-3-6-11(12)18(19)20/h3,5-7,9H,2,4,14H2,1H3. The van der Waals surface area contributed by atoms with Crippen molar-refractivity contribution in [3.63, 3.8) is 0 Å². The molecule has 8 heteroatoms. The molecular formula is C12H14ClN5O2. The third-order valence-electron chi connectivity index (χ3n) is 2.88. The fourth-order valence-corrected chi connectivity index (χ4v) is 2.15. The van der Waals surface area contributed by atoms with Crippen LogP contribution in [0.3, 0.4) is 0 Å². The molecular weight excluding hydrogens is 282 g/mol. The van der Waals surface area contributed by atoms with Gasteiger partial charge in [-0.05, 0) is 12.5 Å². The Hall–Kier alpha value is -1.99. The molecule has 1 aromatic heterocycles. The van der Waals surface area contributed by atoms with Gasteiger partial charge in [0.15, 0.2) is 5.69 Å². The topological polar surface area (TPSA) is 99.9 Å². The van der Waals surface area contributed by atoms with Gasteiger partial charge < -0.3 is 5.73 Å². The van der Waals surface area contributed by atoms with Crippen LogP contribution in [0.2, 0.25) is 5.02 Å². The van der Waals surface area contributed by atoms with Gasteiger partial charge in [-0.3, -0.25) is 10.1 Å². The molecule has 0 saturated heterocycles. The summed E-state index contributed by atoms with van der Waals surface area (Å²) in [5.74, 6) is 0. The van der Waals surface area contributed by atoms with E-state index in [1.807, 2.05) is 6.92 Å². The van der Waals surface area contributed by atoms with Crippen molar-refractivity contribution >= 4 is 17.3 Å². The number of halogens is 1. The second kappa shape index (κ2) is 5.98. The molecule has 0 radical (unpaired) electrons. The second-order valence-electron chi connectivity index (χ2n) is 4.35. The predicted molar refractivity (Wildman–Crippen MR) is 74.9 cm³/mol. The van der Waals surface area contributed by atoms with Crippen LogP contribution in [0, 0.1) is 10.1 Å². The minimum atomic E-state index is -0.505. The fourth-order valence-electron chi connectivity index (χ4n) is 1.89. The summed E-state index contributed by atoms with van der Waals surface area (Å²) in [6.07, 6.45) is 3.26. The van der Waals surface area contributed by atoms with Gasteiger partial charge in [0.05, 0.1) is 27.9 Å². The van der Waals surface area contributed by atoms with Gasteiger partial charge >= 0.3 is 0 Å². The largest absolute Gasteiger partial charge is 0.323 e. The van der Waals surface area contributed by atoms with Crippen molar-refractivity contribution in [1.82, 2.24) is 15.0 Å². The lowest BCUT2D eigenvalue weighted by Gasteiger charge is -2.05. The van der Waals surface area contributed by atoms with Crippen LogP contribution in [0.25, 0.3) is 5.69 Å². The molecule has 2 aromatic rings. The molecule has 0 aliphatic heterocycles. The van der Waals surface area contributed by atoms with E-state index in [0.717, 1.165) is 12.8 Å². The van der Waals surface area contributed by atoms with Gasteiger partial charge in [0.1, 0.15) is 0 Å². The van der Waals surface area contributed by atoms with E-state index < -0.39 is 4.92 Å². The highest BCUT2D eigenvalue weighted by molar-refractivity contribution is 6.32. The van der Waals surface area contributed by atoms with Gasteiger partial charge in [0.2, 0.25) is 0 Å². The molecule has 1 heterocycles. The molecule has 0 aliphatic rings. The summed E-state index contributed by atoms with van der Waals surface area (Å²) in [6, 6.07) is 4.21. The second-order valence-corrected chi connectivity index (χ2v) is 4.76. The highest BCUT2D eigenvalue weighted by Crippen LogP contribution is 2.30. The first-order valence-electron chi connectivity index (χ1n) is 6.15. The average molecular weight is 296 g/mol. The first-order valence-corrected chi connectivity index (χ1v) is 6.53. The average Bonchev–Trinajstić information content (AvgIpc) is 2.88. The summed E-state index contributed by atoms with van der Waals surface area (Å²) < 4.78 is 1.30. The van der Waals surface area contributed by atoms with Crippen LogP contribution in [0.1, 0.15) is 31.5 Å². The molecule has 0 fully saturated rings. The molecule has 1 aromatic carbocycles. The lowest BCUT2D eigenvalue weighted by atomic mass is 10.1. The third kappa shape index (κ3) is 2.78. The number of aromatic nitrogens is 3. The SMILES string of the molecule is CCCC(N)c1cn(-c2c(Cl)cccc2[N+](=O)[O-])nn1. The lowest BCUT2D eigenvalue weighted by molar-refractivity contribution is -0.384. The van der Waals surface area contributed by atoms with Crippen molar-refractivity contribution in [2.24, 2.45) is 5.73 Å². The molecule has 20 heavy (non-hydrogen) atoms. The maximum Gasteiger partial charge on any atom is 0.296 e. The van der Waals surface area contributed by atoms with E-state index in [-0.39, 0.29) is 22.4 Å². The summed E-state index contributed by atoms with van der Waals surface area (Å²) in [5, 5.41) is 19.1. The quantitative estimate of drug-likeness (QED) is 0.675. The van der Waals surface area contributed by atoms with Crippen molar-refractivity contribution < 1.29 is 4.92 Å². The molecule has 0 spiro atoms. The van der Waals surface area contributed by atoms with Crippen molar-refractivity contribution in [2.45, 2.75) is 25.8 Å². The van der Waals surface area contributed by atoms with Crippen LogP contribution in [0.5, 0.6) is 0 Å². The zero-order valence-electron chi connectivity index (χ0n) is 10.9. The van der Waals surface area contributed by atoms with Crippen molar-refractivity contribution in [1.29, 1.82) is 0 Å².